The topological polar surface area (TPSA) is 88.8 Å². The van der Waals surface area contributed by atoms with E-state index in [-0.39, 0.29) is 6.79 Å². The molecule has 2 rings (SSSR count). The molecule has 0 aromatic heterocycles. The summed E-state index contributed by atoms with van der Waals surface area (Å²) in [5.41, 5.74) is 0.591. The minimum atomic E-state index is -1.04. The second kappa shape index (κ2) is 6.48. The normalized spacial score (nSPS) is 12.3. The fourth-order valence-electron chi connectivity index (χ4n) is 1.69. The van der Waals surface area contributed by atoms with Crippen LogP contribution in [0.25, 0.3) is 6.08 Å². The highest BCUT2D eigenvalue weighted by Crippen LogP contribution is 2.38. The van der Waals surface area contributed by atoms with E-state index < -0.39 is 5.97 Å². The zero-order chi connectivity index (χ0) is 14.4. The lowest BCUT2D eigenvalue weighted by molar-refractivity contribution is -0.131. The fraction of sp³-hybridized carbons (Fsp3) is 0.286. The molecule has 0 saturated heterocycles. The molecule has 1 aliphatic heterocycles. The lowest BCUT2D eigenvalue weighted by Gasteiger charge is -2.09. The number of carboxylic acid groups (broad SMARTS) is 1. The Kier molecular flexibility index (Phi) is 4.45. The molecule has 20 heavy (non-hydrogen) atoms. The maximum absolute atomic E-state index is 10.6. The van der Waals surface area contributed by atoms with Crippen molar-refractivity contribution in [2.75, 3.05) is 13.4 Å². The summed E-state index contributed by atoms with van der Waals surface area (Å²) in [4.78, 5) is 10.6. The van der Waals surface area contributed by atoms with Crippen LogP contribution in [0.1, 0.15) is 18.4 Å². The van der Waals surface area contributed by atoms with Gasteiger partial charge < -0.3 is 19.3 Å². The zero-order valence-electron chi connectivity index (χ0n) is 10.7. The largest absolute Gasteiger partial charge is 0.493 e. The molecule has 6 nitrogen and oxygen atoms in total. The molecule has 0 amide bonds. The maximum Gasteiger partial charge on any atom is 0.328 e. The average Bonchev–Trinajstić information content (AvgIpc) is 2.87. The third-order valence-electron chi connectivity index (χ3n) is 2.60. The SMILES string of the molecule is N#CCCCOc1cc2c(cc1C=CC(=O)O)OCO2. The van der Waals surface area contributed by atoms with Crippen LogP contribution in [0.4, 0.5) is 0 Å². The Morgan fingerprint density at radius 1 is 1.45 bits per heavy atom. The van der Waals surface area contributed by atoms with E-state index in [9.17, 15) is 4.79 Å². The predicted molar refractivity (Wildman–Crippen MR) is 69.6 cm³/mol. The van der Waals surface area contributed by atoms with E-state index in [2.05, 4.69) is 0 Å². The van der Waals surface area contributed by atoms with Crippen molar-refractivity contribution in [3.63, 3.8) is 0 Å². The highest BCUT2D eigenvalue weighted by molar-refractivity contribution is 5.86. The minimum absolute atomic E-state index is 0.134. The standard InChI is InChI=1S/C14H13NO5/c15-5-1-2-6-18-11-8-13-12(19-9-20-13)7-10(11)3-4-14(16)17/h3-4,7-8H,1-2,6,9H2,(H,16,17). The molecule has 104 valence electrons. The fourth-order valence-corrected chi connectivity index (χ4v) is 1.69. The number of nitriles is 1. The Morgan fingerprint density at radius 3 is 2.90 bits per heavy atom. The maximum atomic E-state index is 10.6. The van der Waals surface area contributed by atoms with Crippen molar-refractivity contribution < 1.29 is 24.1 Å². The van der Waals surface area contributed by atoms with Gasteiger partial charge in [0.15, 0.2) is 11.5 Å². The van der Waals surface area contributed by atoms with Gasteiger partial charge in [0.1, 0.15) is 5.75 Å². The van der Waals surface area contributed by atoms with E-state index in [4.69, 9.17) is 24.6 Å². The number of unbranched alkanes of at least 4 members (excludes halogenated alkanes) is 1. The zero-order valence-corrected chi connectivity index (χ0v) is 10.7. The quantitative estimate of drug-likeness (QED) is 0.632. The van der Waals surface area contributed by atoms with Crippen LogP contribution in [0.5, 0.6) is 17.2 Å². The van der Waals surface area contributed by atoms with E-state index in [0.29, 0.717) is 42.3 Å². The molecule has 0 bridgehead atoms. The lowest BCUT2D eigenvalue weighted by atomic mass is 10.1. The lowest BCUT2D eigenvalue weighted by Crippen LogP contribution is -1.99. The van der Waals surface area contributed by atoms with Gasteiger partial charge in [-0.1, -0.05) is 0 Å². The van der Waals surface area contributed by atoms with Crippen molar-refractivity contribution in [1.82, 2.24) is 0 Å². The van der Waals surface area contributed by atoms with Crippen LogP contribution in [0, 0.1) is 11.3 Å². The Bertz CT molecular complexity index is 574. The highest BCUT2D eigenvalue weighted by atomic mass is 16.7. The van der Waals surface area contributed by atoms with Crippen molar-refractivity contribution >= 4 is 12.0 Å². The first kappa shape index (κ1) is 13.7. The van der Waals surface area contributed by atoms with E-state index in [1.807, 2.05) is 6.07 Å². The van der Waals surface area contributed by atoms with Gasteiger partial charge in [-0.05, 0) is 18.6 Å². The number of hydrogen-bond donors (Lipinski definition) is 1. The van der Waals surface area contributed by atoms with Crippen LogP contribution < -0.4 is 14.2 Å². The summed E-state index contributed by atoms with van der Waals surface area (Å²) in [7, 11) is 0. The Labute approximate surface area is 115 Å². The summed E-state index contributed by atoms with van der Waals surface area (Å²) in [6.07, 6.45) is 3.47. The number of benzene rings is 1. The Balaban J connectivity index is 2.18. The summed E-state index contributed by atoms with van der Waals surface area (Å²) >= 11 is 0. The molecule has 1 heterocycles. The van der Waals surface area contributed by atoms with Crippen molar-refractivity contribution in [3.8, 4) is 23.3 Å². The van der Waals surface area contributed by atoms with Crippen molar-refractivity contribution in [2.24, 2.45) is 0 Å². The highest BCUT2D eigenvalue weighted by Gasteiger charge is 2.17. The van der Waals surface area contributed by atoms with E-state index in [0.717, 1.165) is 6.08 Å². The van der Waals surface area contributed by atoms with Crippen LogP contribution in [0.15, 0.2) is 18.2 Å². The third-order valence-corrected chi connectivity index (χ3v) is 2.60. The van der Waals surface area contributed by atoms with Gasteiger partial charge in [0, 0.05) is 24.1 Å². The molecule has 0 unspecified atom stereocenters. The van der Waals surface area contributed by atoms with Gasteiger partial charge in [-0.3, -0.25) is 0 Å². The van der Waals surface area contributed by atoms with Gasteiger partial charge in [0.2, 0.25) is 6.79 Å². The van der Waals surface area contributed by atoms with Gasteiger partial charge in [-0.15, -0.1) is 0 Å². The summed E-state index contributed by atoms with van der Waals surface area (Å²) in [5, 5.41) is 17.2. The van der Waals surface area contributed by atoms with E-state index in [1.165, 1.54) is 6.08 Å². The smallest absolute Gasteiger partial charge is 0.328 e. The van der Waals surface area contributed by atoms with Crippen LogP contribution in [-0.4, -0.2) is 24.5 Å². The molecular weight excluding hydrogens is 262 g/mol. The monoisotopic (exact) mass is 275 g/mol. The first-order chi connectivity index (χ1) is 9.70. The van der Waals surface area contributed by atoms with Gasteiger partial charge in [-0.25, -0.2) is 4.79 Å². The second-order valence-corrected chi connectivity index (χ2v) is 4.02. The predicted octanol–water partition coefficient (Wildman–Crippen LogP) is 2.20. The van der Waals surface area contributed by atoms with Crippen LogP contribution in [0.2, 0.25) is 0 Å². The molecule has 0 radical (unpaired) electrons. The van der Waals surface area contributed by atoms with Crippen molar-refractivity contribution in [1.29, 1.82) is 5.26 Å². The Hall–Kier alpha value is -2.68. The molecule has 1 N–H and O–H groups in total. The number of rotatable bonds is 6. The molecular formula is C14H13NO5. The van der Waals surface area contributed by atoms with Gasteiger partial charge >= 0.3 is 5.97 Å². The average molecular weight is 275 g/mol. The molecule has 0 aliphatic carbocycles. The number of carbonyl (C=O) groups is 1. The minimum Gasteiger partial charge on any atom is -0.493 e. The summed E-state index contributed by atoms with van der Waals surface area (Å²) < 4.78 is 16.1. The molecule has 6 heteroatoms. The van der Waals surface area contributed by atoms with Crippen LogP contribution in [-0.2, 0) is 4.79 Å². The number of nitrogens with zero attached hydrogens (tertiary/aromatic N) is 1. The molecule has 0 atom stereocenters. The van der Waals surface area contributed by atoms with Gasteiger partial charge in [0.05, 0.1) is 12.7 Å². The van der Waals surface area contributed by atoms with Crippen LogP contribution in [0.3, 0.4) is 0 Å². The van der Waals surface area contributed by atoms with Gasteiger partial charge in [-0.2, -0.15) is 5.26 Å². The number of ether oxygens (including phenoxy) is 3. The molecule has 1 aromatic carbocycles. The number of carboxylic acids is 1. The summed E-state index contributed by atoms with van der Waals surface area (Å²) in [6, 6.07) is 5.36. The second-order valence-electron chi connectivity index (χ2n) is 4.02. The summed E-state index contributed by atoms with van der Waals surface area (Å²) in [5.74, 6) is 0.579. The van der Waals surface area contributed by atoms with Gasteiger partial charge in [0.25, 0.3) is 0 Å². The summed E-state index contributed by atoms with van der Waals surface area (Å²) in [6.45, 7) is 0.510. The van der Waals surface area contributed by atoms with Crippen LogP contribution >= 0.6 is 0 Å². The van der Waals surface area contributed by atoms with Crippen molar-refractivity contribution in [2.45, 2.75) is 12.8 Å². The molecule has 1 aliphatic rings. The number of aliphatic carboxylic acids is 1. The molecule has 0 fully saturated rings. The van der Waals surface area contributed by atoms with E-state index in [1.54, 1.807) is 12.1 Å². The van der Waals surface area contributed by atoms with Crippen molar-refractivity contribution in [3.05, 3.63) is 23.8 Å². The Morgan fingerprint density at radius 2 is 2.20 bits per heavy atom. The number of fused-ring (bicyclic) bond motifs is 1. The molecule has 1 aromatic rings. The first-order valence-corrected chi connectivity index (χ1v) is 6.05. The van der Waals surface area contributed by atoms with E-state index >= 15 is 0 Å². The first-order valence-electron chi connectivity index (χ1n) is 6.05. The number of hydrogen-bond acceptors (Lipinski definition) is 5. The molecule has 0 spiro atoms. The third kappa shape index (κ3) is 3.42. The molecule has 0 saturated carbocycles.